The van der Waals surface area contributed by atoms with Crippen molar-refractivity contribution in [3.05, 3.63) is 40.4 Å². The molecule has 8 nitrogen and oxygen atoms in total. The second-order valence-corrected chi connectivity index (χ2v) is 7.99. The van der Waals surface area contributed by atoms with Crippen molar-refractivity contribution in [1.29, 1.82) is 0 Å². The Bertz CT molecular complexity index is 904. The van der Waals surface area contributed by atoms with Gasteiger partial charge in [0.15, 0.2) is 0 Å². The van der Waals surface area contributed by atoms with Crippen LogP contribution in [0.4, 0.5) is 11.5 Å². The van der Waals surface area contributed by atoms with E-state index in [0.29, 0.717) is 6.04 Å². The highest BCUT2D eigenvalue weighted by molar-refractivity contribution is 5.83. The van der Waals surface area contributed by atoms with Gasteiger partial charge in [-0.3, -0.25) is 19.8 Å². The van der Waals surface area contributed by atoms with Crippen LogP contribution in [-0.2, 0) is 4.79 Å². The molecule has 0 radical (unpaired) electrons. The zero-order chi connectivity index (χ0) is 20.4. The van der Waals surface area contributed by atoms with Crippen molar-refractivity contribution in [2.24, 2.45) is 0 Å². The fourth-order valence-electron chi connectivity index (χ4n) is 4.29. The molecule has 1 unspecified atom stereocenters. The minimum atomic E-state index is -0.392. The Morgan fingerprint density at radius 2 is 1.90 bits per heavy atom. The SMILES string of the molecule is CC(C(=O)NC1CCCC1)N1CCN(c2ccc3cc([N+](=O)[O-])ccc3n2)CC1. The fourth-order valence-corrected chi connectivity index (χ4v) is 4.29. The molecule has 2 aliphatic rings. The average Bonchev–Trinajstić information content (AvgIpc) is 3.25. The Labute approximate surface area is 170 Å². The van der Waals surface area contributed by atoms with Crippen molar-refractivity contribution >= 4 is 28.3 Å². The summed E-state index contributed by atoms with van der Waals surface area (Å²) in [4.78, 5) is 32.2. The maximum Gasteiger partial charge on any atom is 0.270 e. The lowest BCUT2D eigenvalue weighted by atomic mass is 10.1. The number of nitrogens with one attached hydrogen (secondary N) is 1. The number of carbonyl (C=O) groups is 1. The lowest BCUT2D eigenvalue weighted by Crippen LogP contribution is -2.55. The predicted octanol–water partition coefficient (Wildman–Crippen LogP) is 2.71. The van der Waals surface area contributed by atoms with Gasteiger partial charge in [-0.2, -0.15) is 0 Å². The number of nitro benzene ring substituents is 1. The standard InChI is InChI=1S/C21H27N5O3/c1-15(21(27)22-17-4-2-3-5-17)24-10-12-25(13-11-24)20-9-6-16-14-18(26(28)29)7-8-19(16)23-20/h6-9,14-15,17H,2-5,10-13H2,1H3,(H,22,27). The van der Waals surface area contributed by atoms with E-state index >= 15 is 0 Å². The highest BCUT2D eigenvalue weighted by Gasteiger charge is 2.28. The zero-order valence-electron chi connectivity index (χ0n) is 16.7. The van der Waals surface area contributed by atoms with Gasteiger partial charge in [-0.05, 0) is 38.0 Å². The zero-order valence-corrected chi connectivity index (χ0v) is 16.7. The summed E-state index contributed by atoms with van der Waals surface area (Å²) in [5.41, 5.74) is 0.824. The van der Waals surface area contributed by atoms with Gasteiger partial charge in [-0.1, -0.05) is 12.8 Å². The molecule has 1 saturated carbocycles. The first-order valence-electron chi connectivity index (χ1n) is 10.4. The molecule has 0 bridgehead atoms. The van der Waals surface area contributed by atoms with Crippen LogP contribution in [0.1, 0.15) is 32.6 Å². The first-order valence-corrected chi connectivity index (χ1v) is 10.4. The van der Waals surface area contributed by atoms with E-state index in [4.69, 9.17) is 0 Å². The molecule has 1 amide bonds. The first kappa shape index (κ1) is 19.6. The maximum atomic E-state index is 12.5. The number of carbonyl (C=O) groups excluding carboxylic acids is 1. The van der Waals surface area contributed by atoms with E-state index in [1.54, 1.807) is 12.1 Å². The summed E-state index contributed by atoms with van der Waals surface area (Å²) in [6, 6.07) is 8.76. The fraction of sp³-hybridized carbons (Fsp3) is 0.524. The van der Waals surface area contributed by atoms with Crippen molar-refractivity contribution in [3.63, 3.8) is 0 Å². The number of aromatic nitrogens is 1. The van der Waals surface area contributed by atoms with Gasteiger partial charge in [0.2, 0.25) is 5.91 Å². The number of piperazine rings is 1. The van der Waals surface area contributed by atoms with E-state index in [1.807, 2.05) is 19.1 Å². The van der Waals surface area contributed by atoms with E-state index < -0.39 is 4.92 Å². The van der Waals surface area contributed by atoms with Crippen LogP contribution in [0.5, 0.6) is 0 Å². The largest absolute Gasteiger partial charge is 0.354 e. The van der Waals surface area contributed by atoms with Gasteiger partial charge in [0, 0.05) is 49.7 Å². The monoisotopic (exact) mass is 397 g/mol. The molecule has 29 heavy (non-hydrogen) atoms. The Morgan fingerprint density at radius 3 is 2.59 bits per heavy atom. The third kappa shape index (κ3) is 4.32. The molecule has 1 aromatic heterocycles. The molecule has 154 valence electrons. The number of amides is 1. The van der Waals surface area contributed by atoms with E-state index in [-0.39, 0.29) is 17.6 Å². The topological polar surface area (TPSA) is 91.6 Å². The van der Waals surface area contributed by atoms with Crippen LogP contribution in [-0.4, -0.2) is 59.0 Å². The van der Waals surface area contributed by atoms with Gasteiger partial charge in [0.25, 0.3) is 5.69 Å². The molecule has 1 aliphatic heterocycles. The van der Waals surface area contributed by atoms with Gasteiger partial charge in [-0.15, -0.1) is 0 Å². The molecule has 1 N–H and O–H groups in total. The highest BCUT2D eigenvalue weighted by Crippen LogP contribution is 2.24. The minimum absolute atomic E-state index is 0.0746. The van der Waals surface area contributed by atoms with Gasteiger partial charge in [0.1, 0.15) is 5.82 Å². The minimum Gasteiger partial charge on any atom is -0.354 e. The third-order valence-electron chi connectivity index (χ3n) is 6.14. The van der Waals surface area contributed by atoms with Crippen LogP contribution in [0.15, 0.2) is 30.3 Å². The van der Waals surface area contributed by atoms with Crippen LogP contribution in [0, 0.1) is 10.1 Å². The molecule has 8 heteroatoms. The summed E-state index contributed by atoms with van der Waals surface area (Å²) in [6.45, 7) is 5.19. The lowest BCUT2D eigenvalue weighted by Gasteiger charge is -2.38. The summed E-state index contributed by atoms with van der Waals surface area (Å²) < 4.78 is 0. The van der Waals surface area contributed by atoms with Gasteiger partial charge < -0.3 is 10.2 Å². The summed E-state index contributed by atoms with van der Waals surface area (Å²) in [5.74, 6) is 1.00. The molecule has 1 atom stereocenters. The summed E-state index contributed by atoms with van der Waals surface area (Å²) in [6.07, 6.45) is 4.63. The molecule has 2 heterocycles. The second-order valence-electron chi connectivity index (χ2n) is 7.99. The Balaban J connectivity index is 1.36. The molecule has 1 saturated heterocycles. The normalized spacial score (nSPS) is 19.4. The molecular weight excluding hydrogens is 370 g/mol. The lowest BCUT2D eigenvalue weighted by molar-refractivity contribution is -0.384. The average molecular weight is 397 g/mol. The number of rotatable bonds is 5. The molecule has 4 rings (SSSR count). The summed E-state index contributed by atoms with van der Waals surface area (Å²) >= 11 is 0. The number of pyridine rings is 1. The van der Waals surface area contributed by atoms with Crippen LogP contribution in [0.3, 0.4) is 0 Å². The number of nitrogens with zero attached hydrogens (tertiary/aromatic N) is 4. The van der Waals surface area contributed by atoms with Crippen molar-refractivity contribution in [2.75, 3.05) is 31.1 Å². The molecule has 1 aromatic carbocycles. The first-order chi connectivity index (χ1) is 14.0. The molecule has 2 fully saturated rings. The molecule has 1 aliphatic carbocycles. The summed E-state index contributed by atoms with van der Waals surface area (Å²) in [5, 5.41) is 14.9. The molecule has 2 aromatic rings. The van der Waals surface area contributed by atoms with Gasteiger partial charge in [-0.25, -0.2) is 4.98 Å². The maximum absolute atomic E-state index is 12.5. The number of hydrogen-bond donors (Lipinski definition) is 1. The highest BCUT2D eigenvalue weighted by atomic mass is 16.6. The van der Waals surface area contributed by atoms with Crippen molar-refractivity contribution in [1.82, 2.24) is 15.2 Å². The predicted molar refractivity (Wildman–Crippen MR) is 112 cm³/mol. The Morgan fingerprint density at radius 1 is 1.17 bits per heavy atom. The van der Waals surface area contributed by atoms with Crippen LogP contribution < -0.4 is 10.2 Å². The van der Waals surface area contributed by atoms with Crippen molar-refractivity contribution < 1.29 is 9.72 Å². The van der Waals surface area contributed by atoms with Crippen LogP contribution >= 0.6 is 0 Å². The molecule has 0 spiro atoms. The number of hydrogen-bond acceptors (Lipinski definition) is 6. The van der Waals surface area contributed by atoms with Crippen molar-refractivity contribution in [3.8, 4) is 0 Å². The van der Waals surface area contributed by atoms with Gasteiger partial charge >= 0.3 is 0 Å². The van der Waals surface area contributed by atoms with E-state index in [1.165, 1.54) is 18.9 Å². The van der Waals surface area contributed by atoms with E-state index in [0.717, 1.165) is 55.7 Å². The van der Waals surface area contributed by atoms with Crippen molar-refractivity contribution in [2.45, 2.75) is 44.7 Å². The Kier molecular flexibility index (Phi) is 5.62. The van der Waals surface area contributed by atoms with Crippen LogP contribution in [0.25, 0.3) is 10.9 Å². The van der Waals surface area contributed by atoms with Gasteiger partial charge in [0.05, 0.1) is 16.5 Å². The summed E-state index contributed by atoms with van der Waals surface area (Å²) in [7, 11) is 0. The number of anilines is 1. The number of benzene rings is 1. The smallest absolute Gasteiger partial charge is 0.270 e. The quantitative estimate of drug-likeness (QED) is 0.616. The second kappa shape index (κ2) is 8.32. The third-order valence-corrected chi connectivity index (χ3v) is 6.14. The van der Waals surface area contributed by atoms with E-state index in [2.05, 4.69) is 20.1 Å². The van der Waals surface area contributed by atoms with Crippen LogP contribution in [0.2, 0.25) is 0 Å². The van der Waals surface area contributed by atoms with E-state index in [9.17, 15) is 14.9 Å². The Hall–Kier alpha value is -2.74. The number of nitro groups is 1. The molecular formula is C21H27N5O3. The number of fused-ring (bicyclic) bond motifs is 1. The number of non-ortho nitro benzene ring substituents is 1.